The van der Waals surface area contributed by atoms with Crippen LogP contribution in [-0.2, 0) is 9.84 Å². The summed E-state index contributed by atoms with van der Waals surface area (Å²) in [5, 5.41) is 4.14. The van der Waals surface area contributed by atoms with Crippen molar-refractivity contribution >= 4 is 15.9 Å². The average molecular weight is 438 g/mol. The van der Waals surface area contributed by atoms with Gasteiger partial charge in [0.1, 0.15) is 12.4 Å². The molecule has 30 heavy (non-hydrogen) atoms. The van der Waals surface area contributed by atoms with Crippen LogP contribution in [0.3, 0.4) is 0 Å². The summed E-state index contributed by atoms with van der Waals surface area (Å²) in [4.78, 5) is 13.0. The van der Waals surface area contributed by atoms with Crippen LogP contribution in [-0.4, -0.2) is 74.0 Å². The lowest BCUT2D eigenvalue weighted by Crippen LogP contribution is -2.44. The van der Waals surface area contributed by atoms with Crippen molar-refractivity contribution in [1.82, 2.24) is 20.0 Å². The van der Waals surface area contributed by atoms with Gasteiger partial charge in [-0.25, -0.2) is 13.4 Å². The highest BCUT2D eigenvalue weighted by molar-refractivity contribution is 7.90. The molecule has 0 spiro atoms. The van der Waals surface area contributed by atoms with E-state index in [1.807, 2.05) is 0 Å². The molecule has 1 aliphatic rings. The number of aryl methyl sites for hydroxylation is 1. The Labute approximate surface area is 178 Å². The van der Waals surface area contributed by atoms with E-state index in [-0.39, 0.29) is 10.9 Å². The Balaban J connectivity index is 1.45. The quantitative estimate of drug-likeness (QED) is 0.615. The van der Waals surface area contributed by atoms with Crippen LogP contribution in [0.4, 0.5) is 6.01 Å². The molecular weight excluding hydrogens is 406 g/mol. The van der Waals surface area contributed by atoms with Gasteiger partial charge in [0.15, 0.2) is 20.7 Å². The van der Waals surface area contributed by atoms with E-state index in [4.69, 9.17) is 9.26 Å². The third-order valence-corrected chi connectivity index (χ3v) is 6.50. The van der Waals surface area contributed by atoms with E-state index >= 15 is 0 Å². The van der Waals surface area contributed by atoms with Gasteiger partial charge < -0.3 is 14.2 Å². The number of ether oxygens (including phenoxy) is 1. The Morgan fingerprint density at radius 3 is 2.60 bits per heavy atom. The van der Waals surface area contributed by atoms with Crippen LogP contribution in [0.5, 0.6) is 5.75 Å². The summed E-state index contributed by atoms with van der Waals surface area (Å²) in [7, 11) is -1.22. The lowest BCUT2D eigenvalue weighted by molar-refractivity contribution is 0.168. The number of piperidine rings is 1. The van der Waals surface area contributed by atoms with Crippen molar-refractivity contribution in [3.8, 4) is 5.75 Å². The van der Waals surface area contributed by atoms with Crippen molar-refractivity contribution in [3.63, 3.8) is 0 Å². The Morgan fingerprint density at radius 2 is 2.03 bits per heavy atom. The summed E-state index contributed by atoms with van der Waals surface area (Å²) in [6, 6.07) is 2.80. The van der Waals surface area contributed by atoms with Gasteiger partial charge in [-0.1, -0.05) is 19.0 Å². The zero-order valence-corrected chi connectivity index (χ0v) is 19.1. The van der Waals surface area contributed by atoms with Crippen molar-refractivity contribution in [1.29, 1.82) is 0 Å². The number of rotatable bonds is 8. The number of hydrogen-bond donors (Lipinski definition) is 0. The molecule has 166 valence electrons. The van der Waals surface area contributed by atoms with E-state index in [9.17, 15) is 8.42 Å². The van der Waals surface area contributed by atoms with E-state index in [0.29, 0.717) is 30.0 Å². The lowest BCUT2D eigenvalue weighted by atomic mass is 10.0. The van der Waals surface area contributed by atoms with Crippen LogP contribution in [0.25, 0.3) is 0 Å². The second-order valence-electron chi connectivity index (χ2n) is 8.20. The predicted octanol–water partition coefficient (Wildman–Crippen LogP) is 2.28. The number of anilines is 1. The predicted molar refractivity (Wildman–Crippen MR) is 114 cm³/mol. The average Bonchev–Trinajstić information content (AvgIpc) is 3.18. The standard InChI is InChI=1S/C20H31N5O4S/c1-14(2)18-22-20(29-23-18)25-8-6-16(7-9-25)24(4)10-11-28-17-12-15(3)19(21-13-17)30(5,26)27/h12-14,16H,6-11H2,1-5H3. The molecule has 2 aromatic rings. The molecule has 0 unspecified atom stereocenters. The Kier molecular flexibility index (Phi) is 6.97. The zero-order chi connectivity index (χ0) is 21.9. The summed E-state index contributed by atoms with van der Waals surface area (Å²) >= 11 is 0. The summed E-state index contributed by atoms with van der Waals surface area (Å²) in [5.74, 6) is 1.59. The Bertz CT molecular complexity index is 952. The van der Waals surface area contributed by atoms with Gasteiger partial charge in [0, 0.05) is 37.8 Å². The highest BCUT2D eigenvalue weighted by atomic mass is 32.2. The van der Waals surface area contributed by atoms with Gasteiger partial charge in [0.05, 0.1) is 6.20 Å². The molecule has 3 heterocycles. The van der Waals surface area contributed by atoms with Gasteiger partial charge >= 0.3 is 6.01 Å². The van der Waals surface area contributed by atoms with Gasteiger partial charge in [-0.3, -0.25) is 4.90 Å². The normalized spacial score (nSPS) is 15.9. The topological polar surface area (TPSA) is 102 Å². The molecule has 1 aliphatic heterocycles. The van der Waals surface area contributed by atoms with E-state index in [0.717, 1.165) is 44.6 Å². The molecule has 0 radical (unpaired) electrons. The maximum Gasteiger partial charge on any atom is 0.324 e. The fourth-order valence-electron chi connectivity index (χ4n) is 3.58. The number of nitrogens with zero attached hydrogens (tertiary/aromatic N) is 5. The van der Waals surface area contributed by atoms with Crippen LogP contribution >= 0.6 is 0 Å². The second kappa shape index (κ2) is 9.30. The van der Waals surface area contributed by atoms with Gasteiger partial charge in [-0.2, -0.15) is 4.98 Å². The number of hydrogen-bond acceptors (Lipinski definition) is 9. The molecule has 2 aromatic heterocycles. The smallest absolute Gasteiger partial charge is 0.324 e. The fraction of sp³-hybridized carbons (Fsp3) is 0.650. The van der Waals surface area contributed by atoms with Crippen molar-refractivity contribution in [2.45, 2.75) is 50.6 Å². The largest absolute Gasteiger partial charge is 0.491 e. The number of likely N-dealkylation sites (N-methyl/N-ethyl adjacent to an activating group) is 1. The summed E-state index contributed by atoms with van der Waals surface area (Å²) in [6.07, 6.45) is 4.65. The first-order chi connectivity index (χ1) is 14.1. The minimum absolute atomic E-state index is 0.0977. The number of pyridine rings is 1. The van der Waals surface area contributed by atoms with Crippen molar-refractivity contribution in [2.24, 2.45) is 0 Å². The minimum atomic E-state index is -3.32. The molecule has 0 N–H and O–H groups in total. The van der Waals surface area contributed by atoms with Crippen LogP contribution in [0, 0.1) is 6.92 Å². The van der Waals surface area contributed by atoms with Crippen LogP contribution in [0.2, 0.25) is 0 Å². The number of sulfone groups is 1. The van der Waals surface area contributed by atoms with Gasteiger partial charge in [-0.05, 0) is 38.4 Å². The summed E-state index contributed by atoms with van der Waals surface area (Å²) in [6.45, 7) is 8.87. The van der Waals surface area contributed by atoms with E-state index < -0.39 is 9.84 Å². The first-order valence-electron chi connectivity index (χ1n) is 10.2. The molecule has 0 bridgehead atoms. The van der Waals surface area contributed by atoms with E-state index in [2.05, 4.69) is 45.8 Å². The van der Waals surface area contributed by atoms with Gasteiger partial charge in [0.25, 0.3) is 0 Å². The maximum atomic E-state index is 11.7. The molecule has 0 amide bonds. The van der Waals surface area contributed by atoms with Crippen molar-refractivity contribution in [2.75, 3.05) is 44.4 Å². The monoisotopic (exact) mass is 437 g/mol. The first-order valence-corrected chi connectivity index (χ1v) is 12.1. The molecule has 1 fully saturated rings. The van der Waals surface area contributed by atoms with E-state index in [1.54, 1.807) is 13.0 Å². The molecule has 9 nitrogen and oxygen atoms in total. The van der Waals surface area contributed by atoms with E-state index in [1.165, 1.54) is 6.20 Å². The molecule has 10 heteroatoms. The van der Waals surface area contributed by atoms with Crippen molar-refractivity contribution < 1.29 is 17.7 Å². The first kappa shape index (κ1) is 22.5. The second-order valence-corrected chi connectivity index (χ2v) is 10.1. The molecule has 3 rings (SSSR count). The van der Waals surface area contributed by atoms with Crippen molar-refractivity contribution in [3.05, 3.63) is 23.7 Å². The van der Waals surface area contributed by atoms with Crippen LogP contribution in [0.15, 0.2) is 21.8 Å². The SMILES string of the molecule is Cc1cc(OCCN(C)C2CCN(c3nc(C(C)C)no3)CC2)cnc1S(C)(=O)=O. The summed E-state index contributed by atoms with van der Waals surface area (Å²) in [5.41, 5.74) is 0.595. The highest BCUT2D eigenvalue weighted by Crippen LogP contribution is 2.23. The molecule has 0 aromatic carbocycles. The molecular formula is C20H31N5O4S. The minimum Gasteiger partial charge on any atom is -0.491 e. The highest BCUT2D eigenvalue weighted by Gasteiger charge is 2.25. The van der Waals surface area contributed by atoms with Crippen LogP contribution < -0.4 is 9.64 Å². The zero-order valence-electron chi connectivity index (χ0n) is 18.3. The van der Waals surface area contributed by atoms with Gasteiger partial charge in [0.2, 0.25) is 0 Å². The third kappa shape index (κ3) is 5.48. The Morgan fingerprint density at radius 1 is 1.33 bits per heavy atom. The molecule has 1 saturated heterocycles. The molecule has 0 saturated carbocycles. The maximum absolute atomic E-state index is 11.7. The van der Waals surface area contributed by atoms with Crippen LogP contribution in [0.1, 0.15) is 44.0 Å². The fourth-order valence-corrected chi connectivity index (χ4v) is 4.47. The lowest BCUT2D eigenvalue weighted by Gasteiger charge is -2.35. The molecule has 0 aliphatic carbocycles. The third-order valence-electron chi connectivity index (χ3n) is 5.37. The van der Waals surface area contributed by atoms with Gasteiger partial charge in [-0.15, -0.1) is 0 Å². The summed E-state index contributed by atoms with van der Waals surface area (Å²) < 4.78 is 34.5. The Hall–Kier alpha value is -2.20. The molecule has 0 atom stereocenters. The number of aromatic nitrogens is 3.